The van der Waals surface area contributed by atoms with Crippen LogP contribution in [0.4, 0.5) is 0 Å². The summed E-state index contributed by atoms with van der Waals surface area (Å²) < 4.78 is 22.0. The molecule has 1 fully saturated rings. The number of hydrogen-bond donors (Lipinski definition) is 1. The van der Waals surface area contributed by atoms with E-state index in [1.807, 2.05) is 0 Å². The van der Waals surface area contributed by atoms with Crippen molar-refractivity contribution >= 4 is 11.9 Å². The number of fused-ring (bicyclic) bond motifs is 1. The number of carbonyl (C=O) groups is 2. The van der Waals surface area contributed by atoms with Crippen molar-refractivity contribution in [2.45, 2.75) is 18.6 Å². The largest absolute Gasteiger partial charge is 0.486 e. The molecule has 1 N–H and O–H groups in total. The van der Waals surface area contributed by atoms with Gasteiger partial charge in [0.05, 0.1) is 24.8 Å². The molecular weight excluding hydrogens is 390 g/mol. The molecule has 0 spiro atoms. The number of β-amino-alcohol motifs (C(OH)–C–C–N with tert-alkyl or cyclic N) is 1. The molecule has 1 saturated heterocycles. The third-order valence-corrected chi connectivity index (χ3v) is 5.18. The first-order chi connectivity index (χ1) is 14.6. The minimum Gasteiger partial charge on any atom is -0.486 e. The second-order valence-corrected chi connectivity index (χ2v) is 7.08. The van der Waals surface area contributed by atoms with Gasteiger partial charge in [0.1, 0.15) is 25.4 Å². The summed E-state index contributed by atoms with van der Waals surface area (Å²) in [5.41, 5.74) is 0.449. The molecule has 0 aromatic heterocycles. The zero-order chi connectivity index (χ0) is 21.1. The zero-order valence-corrected chi connectivity index (χ0v) is 16.6. The second-order valence-electron chi connectivity index (χ2n) is 7.08. The van der Waals surface area contributed by atoms with E-state index in [0.717, 1.165) is 0 Å². The van der Waals surface area contributed by atoms with E-state index in [0.29, 0.717) is 43.4 Å². The monoisotopic (exact) mass is 413 g/mol. The van der Waals surface area contributed by atoms with Gasteiger partial charge in [-0.1, -0.05) is 18.2 Å². The second kappa shape index (κ2) is 8.62. The number of amides is 1. The number of aliphatic hydroxyl groups is 1. The highest BCUT2D eigenvalue weighted by Gasteiger charge is 2.34. The summed E-state index contributed by atoms with van der Waals surface area (Å²) in [6, 6.07) is 11.9. The number of aliphatic hydroxyl groups excluding tert-OH is 1. The van der Waals surface area contributed by atoms with Crippen LogP contribution >= 0.6 is 0 Å². The Morgan fingerprint density at radius 3 is 2.60 bits per heavy atom. The van der Waals surface area contributed by atoms with Crippen LogP contribution in [0.2, 0.25) is 0 Å². The van der Waals surface area contributed by atoms with E-state index in [2.05, 4.69) is 0 Å². The average Bonchev–Trinajstić information content (AvgIpc) is 2.79. The number of esters is 1. The van der Waals surface area contributed by atoms with Gasteiger partial charge in [0, 0.05) is 13.0 Å². The van der Waals surface area contributed by atoms with E-state index in [9.17, 15) is 14.7 Å². The van der Waals surface area contributed by atoms with Gasteiger partial charge in [-0.3, -0.25) is 4.79 Å². The van der Waals surface area contributed by atoms with Crippen molar-refractivity contribution in [3.63, 3.8) is 0 Å². The molecule has 1 amide bonds. The van der Waals surface area contributed by atoms with Gasteiger partial charge >= 0.3 is 5.97 Å². The molecule has 0 unspecified atom stereocenters. The highest BCUT2D eigenvalue weighted by molar-refractivity contribution is 6.05. The summed E-state index contributed by atoms with van der Waals surface area (Å²) >= 11 is 0. The summed E-state index contributed by atoms with van der Waals surface area (Å²) in [4.78, 5) is 26.5. The first-order valence-corrected chi connectivity index (χ1v) is 9.78. The lowest BCUT2D eigenvalue weighted by Crippen LogP contribution is -2.51. The van der Waals surface area contributed by atoms with Gasteiger partial charge in [-0.2, -0.15) is 0 Å². The summed E-state index contributed by atoms with van der Waals surface area (Å²) in [6.07, 6.45) is -0.965. The molecule has 0 bridgehead atoms. The maximum atomic E-state index is 13.0. The summed E-state index contributed by atoms with van der Waals surface area (Å²) in [5, 5.41) is 10.6. The van der Waals surface area contributed by atoms with Crippen LogP contribution in [0.15, 0.2) is 42.5 Å². The molecule has 2 aliphatic rings. The van der Waals surface area contributed by atoms with Crippen LogP contribution in [-0.4, -0.2) is 67.5 Å². The highest BCUT2D eigenvalue weighted by Crippen LogP contribution is 2.40. The maximum Gasteiger partial charge on any atom is 0.338 e. The number of benzene rings is 2. The minimum atomic E-state index is -0.895. The normalized spacial score (nSPS) is 20.4. The van der Waals surface area contributed by atoms with Crippen LogP contribution in [0.3, 0.4) is 0 Å². The van der Waals surface area contributed by atoms with E-state index in [1.165, 1.54) is 12.0 Å². The number of rotatable bonds is 4. The lowest BCUT2D eigenvalue weighted by molar-refractivity contribution is -0.0215. The predicted molar refractivity (Wildman–Crippen MR) is 106 cm³/mol. The van der Waals surface area contributed by atoms with Gasteiger partial charge in [-0.15, -0.1) is 0 Å². The van der Waals surface area contributed by atoms with E-state index >= 15 is 0 Å². The summed E-state index contributed by atoms with van der Waals surface area (Å²) in [6.45, 7) is 1.38. The number of piperidine rings is 1. The van der Waals surface area contributed by atoms with E-state index in [4.69, 9.17) is 18.9 Å². The van der Waals surface area contributed by atoms with Gasteiger partial charge in [-0.05, 0) is 24.3 Å². The number of para-hydroxylation sites is 1. The van der Waals surface area contributed by atoms with Gasteiger partial charge < -0.3 is 29.0 Å². The van der Waals surface area contributed by atoms with Crippen LogP contribution in [-0.2, 0) is 4.74 Å². The first kappa shape index (κ1) is 20.0. The molecule has 0 saturated carbocycles. The molecular formula is C22H23NO7. The van der Waals surface area contributed by atoms with Crippen molar-refractivity contribution < 1.29 is 33.6 Å². The fourth-order valence-electron chi connectivity index (χ4n) is 3.66. The molecule has 158 valence electrons. The predicted octanol–water partition coefficient (Wildman–Crippen LogP) is 1.90. The van der Waals surface area contributed by atoms with Gasteiger partial charge in [0.25, 0.3) is 5.91 Å². The molecule has 4 rings (SSSR count). The fourth-order valence-corrected chi connectivity index (χ4v) is 3.66. The molecule has 2 heterocycles. The number of methoxy groups -OCH3 is 1. The smallest absolute Gasteiger partial charge is 0.338 e. The lowest BCUT2D eigenvalue weighted by Gasteiger charge is -2.36. The Morgan fingerprint density at radius 2 is 1.83 bits per heavy atom. The van der Waals surface area contributed by atoms with E-state index < -0.39 is 18.2 Å². The Hall–Kier alpha value is -3.26. The highest BCUT2D eigenvalue weighted by atomic mass is 16.6. The van der Waals surface area contributed by atoms with Crippen LogP contribution in [0.5, 0.6) is 17.2 Å². The fraction of sp³-hybridized carbons (Fsp3) is 0.364. The zero-order valence-electron chi connectivity index (χ0n) is 16.6. The lowest BCUT2D eigenvalue weighted by atomic mass is 10.0. The molecule has 2 aliphatic heterocycles. The Bertz CT molecular complexity index is 945. The molecule has 8 nitrogen and oxygen atoms in total. The van der Waals surface area contributed by atoms with Crippen molar-refractivity contribution in [1.29, 1.82) is 0 Å². The Morgan fingerprint density at radius 1 is 1.07 bits per heavy atom. The van der Waals surface area contributed by atoms with Crippen molar-refractivity contribution in [1.82, 2.24) is 4.90 Å². The van der Waals surface area contributed by atoms with E-state index in [-0.39, 0.29) is 23.6 Å². The number of carbonyl (C=O) groups excluding carboxylic acids is 2. The topological polar surface area (TPSA) is 94.5 Å². The summed E-state index contributed by atoms with van der Waals surface area (Å²) in [7, 11) is 1.27. The quantitative estimate of drug-likeness (QED) is 0.765. The van der Waals surface area contributed by atoms with E-state index in [1.54, 1.807) is 42.5 Å². The number of hydrogen-bond acceptors (Lipinski definition) is 7. The third kappa shape index (κ3) is 3.91. The van der Waals surface area contributed by atoms with Gasteiger partial charge in [0.2, 0.25) is 5.75 Å². The number of nitrogens with zero attached hydrogens (tertiary/aromatic N) is 1. The van der Waals surface area contributed by atoms with Crippen molar-refractivity contribution in [2.24, 2.45) is 0 Å². The third-order valence-electron chi connectivity index (χ3n) is 5.18. The number of ether oxygens (including phenoxy) is 4. The van der Waals surface area contributed by atoms with Gasteiger partial charge in [0.15, 0.2) is 11.5 Å². The Kier molecular flexibility index (Phi) is 5.76. The molecule has 30 heavy (non-hydrogen) atoms. The molecule has 8 heteroatoms. The van der Waals surface area contributed by atoms with Crippen molar-refractivity contribution in [2.75, 3.05) is 33.4 Å². The molecule has 2 atom stereocenters. The van der Waals surface area contributed by atoms with Crippen molar-refractivity contribution in [3.05, 3.63) is 53.6 Å². The average molecular weight is 413 g/mol. The van der Waals surface area contributed by atoms with Gasteiger partial charge in [-0.25, -0.2) is 4.79 Å². The minimum absolute atomic E-state index is 0.0887. The van der Waals surface area contributed by atoms with Crippen LogP contribution in [0.25, 0.3) is 0 Å². The molecule has 0 aliphatic carbocycles. The molecule has 0 radical (unpaired) electrons. The number of likely N-dealkylation sites (tertiary alicyclic amines) is 1. The first-order valence-electron chi connectivity index (χ1n) is 9.78. The Labute approximate surface area is 173 Å². The SMILES string of the molecule is COC(=O)c1ccccc1C(=O)N1CC[C@@H](Oc2cccc3c2OCCO3)[C@H](O)C1. The van der Waals surface area contributed by atoms with Crippen LogP contribution in [0, 0.1) is 0 Å². The molecule has 2 aromatic rings. The van der Waals surface area contributed by atoms with Crippen molar-refractivity contribution in [3.8, 4) is 17.2 Å². The van der Waals surface area contributed by atoms with Crippen LogP contribution < -0.4 is 14.2 Å². The molecule has 2 aromatic carbocycles. The standard InChI is InChI=1S/C22H23NO7/c1-27-22(26)15-6-3-2-5-14(15)21(25)23-10-9-17(16(24)13-23)30-19-8-4-7-18-20(19)29-12-11-28-18/h2-8,16-17,24H,9-13H2,1H3/t16-,17-/m1/s1. The maximum absolute atomic E-state index is 13.0. The van der Waals surface area contributed by atoms with Crippen LogP contribution in [0.1, 0.15) is 27.1 Å². The Balaban J connectivity index is 1.45. The summed E-state index contributed by atoms with van der Waals surface area (Å²) in [5.74, 6) is 0.741.